The first-order chi connectivity index (χ1) is 8.13. The smallest absolute Gasteiger partial charge is 0.274 e. The minimum absolute atomic E-state index is 0.00116. The molecule has 0 spiro atoms. The van der Waals surface area contributed by atoms with Crippen molar-refractivity contribution in [2.24, 2.45) is 7.05 Å². The Bertz CT molecular complexity index is 398. The molecule has 1 fully saturated rings. The molecule has 2 rings (SSSR count). The molecule has 1 aliphatic rings. The SMILES string of the molecule is CCC1CN(C(=O)c2c(N)cnn2C)CCS1. The molecule has 94 valence electrons. The molecule has 1 aliphatic heterocycles. The van der Waals surface area contributed by atoms with Crippen LogP contribution in [0.3, 0.4) is 0 Å². The predicted octanol–water partition coefficient (Wildman–Crippen LogP) is 0.970. The highest BCUT2D eigenvalue weighted by atomic mass is 32.2. The zero-order valence-corrected chi connectivity index (χ0v) is 11.0. The standard InChI is InChI=1S/C11H18N4OS/c1-3-8-7-15(4-5-17-8)11(16)10-9(12)6-13-14(10)2/h6,8H,3-5,7,12H2,1-2H3. The van der Waals surface area contributed by atoms with E-state index in [4.69, 9.17) is 5.73 Å². The van der Waals surface area contributed by atoms with Crippen molar-refractivity contribution < 1.29 is 4.79 Å². The highest BCUT2D eigenvalue weighted by Gasteiger charge is 2.26. The summed E-state index contributed by atoms with van der Waals surface area (Å²) < 4.78 is 1.56. The van der Waals surface area contributed by atoms with Crippen LogP contribution >= 0.6 is 11.8 Å². The first-order valence-corrected chi connectivity index (χ1v) is 6.86. The fourth-order valence-electron chi connectivity index (χ4n) is 2.02. The lowest BCUT2D eigenvalue weighted by Crippen LogP contribution is -2.42. The van der Waals surface area contributed by atoms with Crippen LogP contribution in [0.25, 0.3) is 0 Å². The van der Waals surface area contributed by atoms with Gasteiger partial charge in [0.2, 0.25) is 0 Å². The highest BCUT2D eigenvalue weighted by molar-refractivity contribution is 8.00. The Balaban J connectivity index is 2.15. The van der Waals surface area contributed by atoms with Crippen LogP contribution < -0.4 is 5.73 Å². The van der Waals surface area contributed by atoms with Crippen molar-refractivity contribution in [3.8, 4) is 0 Å². The summed E-state index contributed by atoms with van der Waals surface area (Å²) in [4.78, 5) is 14.2. The number of carbonyl (C=O) groups excluding carboxylic acids is 1. The summed E-state index contributed by atoms with van der Waals surface area (Å²) in [5.74, 6) is 1.00. The summed E-state index contributed by atoms with van der Waals surface area (Å²) in [7, 11) is 1.75. The Morgan fingerprint density at radius 1 is 1.71 bits per heavy atom. The molecule has 0 aliphatic carbocycles. The molecule has 2 N–H and O–H groups in total. The number of nitrogens with two attached hydrogens (primary N) is 1. The van der Waals surface area contributed by atoms with Gasteiger partial charge in [0.15, 0.2) is 0 Å². The lowest BCUT2D eigenvalue weighted by atomic mass is 10.2. The van der Waals surface area contributed by atoms with Crippen LogP contribution in [-0.2, 0) is 7.05 Å². The van der Waals surface area contributed by atoms with Gasteiger partial charge in [-0.1, -0.05) is 6.92 Å². The largest absolute Gasteiger partial charge is 0.396 e. The maximum Gasteiger partial charge on any atom is 0.274 e. The fourth-order valence-corrected chi connectivity index (χ4v) is 3.20. The first-order valence-electron chi connectivity index (χ1n) is 5.81. The zero-order valence-electron chi connectivity index (χ0n) is 10.2. The number of hydrogen-bond acceptors (Lipinski definition) is 4. The van der Waals surface area contributed by atoms with E-state index in [1.807, 2.05) is 16.7 Å². The molecule has 1 saturated heterocycles. The molecule has 5 nitrogen and oxygen atoms in total. The number of thioether (sulfide) groups is 1. The van der Waals surface area contributed by atoms with E-state index in [1.165, 1.54) is 6.20 Å². The average molecular weight is 254 g/mol. The van der Waals surface area contributed by atoms with Crippen molar-refractivity contribution in [2.75, 3.05) is 24.6 Å². The minimum atomic E-state index is 0.00116. The third kappa shape index (κ3) is 2.41. The molecule has 1 atom stereocenters. The molecule has 0 saturated carbocycles. The van der Waals surface area contributed by atoms with Gasteiger partial charge in [0.1, 0.15) is 5.69 Å². The van der Waals surface area contributed by atoms with E-state index in [-0.39, 0.29) is 5.91 Å². The van der Waals surface area contributed by atoms with Crippen LogP contribution in [0.1, 0.15) is 23.8 Å². The van der Waals surface area contributed by atoms with Crippen molar-refractivity contribution in [1.29, 1.82) is 0 Å². The molecular formula is C11H18N4OS. The number of nitrogen functional groups attached to an aromatic ring is 1. The van der Waals surface area contributed by atoms with Crippen molar-refractivity contribution >= 4 is 23.4 Å². The Morgan fingerprint density at radius 3 is 3.06 bits per heavy atom. The summed E-state index contributed by atoms with van der Waals surface area (Å²) in [6.45, 7) is 3.76. The summed E-state index contributed by atoms with van der Waals surface area (Å²) in [5.41, 5.74) is 6.75. The van der Waals surface area contributed by atoms with Gasteiger partial charge in [0, 0.05) is 31.1 Å². The monoisotopic (exact) mass is 254 g/mol. The van der Waals surface area contributed by atoms with Gasteiger partial charge in [-0.2, -0.15) is 16.9 Å². The second-order valence-electron chi connectivity index (χ2n) is 4.22. The maximum absolute atomic E-state index is 12.3. The van der Waals surface area contributed by atoms with E-state index in [2.05, 4.69) is 12.0 Å². The first kappa shape index (κ1) is 12.3. The lowest BCUT2D eigenvalue weighted by molar-refractivity contribution is 0.0751. The normalized spacial score (nSPS) is 20.6. The van der Waals surface area contributed by atoms with Crippen LogP contribution in [0, 0.1) is 0 Å². The van der Waals surface area contributed by atoms with E-state index >= 15 is 0 Å². The van der Waals surface area contributed by atoms with Gasteiger partial charge in [-0.05, 0) is 6.42 Å². The van der Waals surface area contributed by atoms with E-state index in [9.17, 15) is 4.79 Å². The number of aryl methyl sites for hydroxylation is 1. The van der Waals surface area contributed by atoms with E-state index < -0.39 is 0 Å². The third-order valence-electron chi connectivity index (χ3n) is 3.05. The number of aromatic nitrogens is 2. The fraction of sp³-hybridized carbons (Fsp3) is 0.636. The quantitative estimate of drug-likeness (QED) is 0.854. The van der Waals surface area contributed by atoms with Gasteiger partial charge < -0.3 is 10.6 Å². The average Bonchev–Trinajstić information content (AvgIpc) is 2.68. The van der Waals surface area contributed by atoms with Gasteiger partial charge >= 0.3 is 0 Å². The molecule has 0 aromatic carbocycles. The molecule has 1 aromatic rings. The highest BCUT2D eigenvalue weighted by Crippen LogP contribution is 2.23. The van der Waals surface area contributed by atoms with Gasteiger partial charge in [-0.25, -0.2) is 0 Å². The number of anilines is 1. The molecule has 0 bridgehead atoms. The third-order valence-corrected chi connectivity index (χ3v) is 4.42. The number of amides is 1. The Labute approximate surface area is 105 Å². The van der Waals surface area contributed by atoms with E-state index in [0.717, 1.165) is 25.3 Å². The molecule has 6 heteroatoms. The van der Waals surface area contributed by atoms with E-state index in [0.29, 0.717) is 16.6 Å². The van der Waals surface area contributed by atoms with Gasteiger partial charge in [-0.15, -0.1) is 0 Å². The summed E-state index contributed by atoms with van der Waals surface area (Å²) in [6.07, 6.45) is 2.62. The minimum Gasteiger partial charge on any atom is -0.396 e. The predicted molar refractivity (Wildman–Crippen MR) is 70.1 cm³/mol. The zero-order chi connectivity index (χ0) is 12.4. The van der Waals surface area contributed by atoms with Crippen LogP contribution in [-0.4, -0.2) is 44.7 Å². The number of hydrogen-bond donors (Lipinski definition) is 1. The summed E-state index contributed by atoms with van der Waals surface area (Å²) in [6, 6.07) is 0. The van der Waals surface area contributed by atoms with Gasteiger partial charge in [-0.3, -0.25) is 9.48 Å². The maximum atomic E-state index is 12.3. The Morgan fingerprint density at radius 2 is 2.47 bits per heavy atom. The second kappa shape index (κ2) is 5.00. The number of carbonyl (C=O) groups is 1. The molecule has 1 amide bonds. The number of nitrogens with zero attached hydrogens (tertiary/aromatic N) is 3. The van der Waals surface area contributed by atoms with Crippen LogP contribution in [0.5, 0.6) is 0 Å². The molecule has 1 aromatic heterocycles. The number of rotatable bonds is 2. The van der Waals surface area contributed by atoms with Gasteiger partial charge in [0.25, 0.3) is 5.91 Å². The van der Waals surface area contributed by atoms with Crippen LogP contribution in [0.15, 0.2) is 6.20 Å². The summed E-state index contributed by atoms with van der Waals surface area (Å²) in [5, 5.41) is 4.55. The second-order valence-corrected chi connectivity index (χ2v) is 5.63. The van der Waals surface area contributed by atoms with Crippen LogP contribution in [0.4, 0.5) is 5.69 Å². The molecule has 1 unspecified atom stereocenters. The van der Waals surface area contributed by atoms with Crippen molar-refractivity contribution in [2.45, 2.75) is 18.6 Å². The lowest BCUT2D eigenvalue weighted by Gasteiger charge is -2.31. The molecule has 2 heterocycles. The molecule has 17 heavy (non-hydrogen) atoms. The topological polar surface area (TPSA) is 64.2 Å². The summed E-state index contributed by atoms with van der Waals surface area (Å²) >= 11 is 1.94. The Kier molecular flexibility index (Phi) is 3.61. The van der Waals surface area contributed by atoms with Crippen molar-refractivity contribution in [1.82, 2.24) is 14.7 Å². The molecule has 0 radical (unpaired) electrons. The van der Waals surface area contributed by atoms with Crippen molar-refractivity contribution in [3.05, 3.63) is 11.9 Å². The molecular weight excluding hydrogens is 236 g/mol. The van der Waals surface area contributed by atoms with Gasteiger partial charge in [0.05, 0.1) is 11.9 Å². The van der Waals surface area contributed by atoms with E-state index in [1.54, 1.807) is 11.7 Å². The van der Waals surface area contributed by atoms with Crippen molar-refractivity contribution in [3.63, 3.8) is 0 Å². The Hall–Kier alpha value is -1.17. The van der Waals surface area contributed by atoms with Crippen LogP contribution in [0.2, 0.25) is 0 Å².